The Morgan fingerprint density at radius 3 is 2.45 bits per heavy atom. The normalized spacial score (nSPS) is 13.7. The quantitative estimate of drug-likeness (QED) is 0.553. The second-order valence-corrected chi connectivity index (χ2v) is 8.01. The van der Waals surface area contributed by atoms with Crippen LogP contribution < -0.4 is 14.2 Å². The molecule has 7 heteroatoms. The van der Waals surface area contributed by atoms with Gasteiger partial charge in [-0.1, -0.05) is 11.3 Å². The summed E-state index contributed by atoms with van der Waals surface area (Å²) in [6, 6.07) is 10.3. The van der Waals surface area contributed by atoms with Crippen LogP contribution in [0.15, 0.2) is 36.5 Å². The second-order valence-electron chi connectivity index (χ2n) is 8.01. The van der Waals surface area contributed by atoms with Crippen LogP contribution in [0, 0.1) is 13.8 Å². The summed E-state index contributed by atoms with van der Waals surface area (Å²) in [5, 5.41) is 8.51. The van der Waals surface area contributed by atoms with Gasteiger partial charge in [0.05, 0.1) is 27.0 Å². The van der Waals surface area contributed by atoms with E-state index in [9.17, 15) is 0 Å². The minimum Gasteiger partial charge on any atom is -0.493 e. The first-order valence-corrected chi connectivity index (χ1v) is 10.6. The lowest BCUT2D eigenvalue weighted by Crippen LogP contribution is -2.33. The van der Waals surface area contributed by atoms with Crippen molar-refractivity contribution in [3.05, 3.63) is 64.5 Å². The molecule has 0 saturated heterocycles. The molecular formula is C24H30N4O3. The summed E-state index contributed by atoms with van der Waals surface area (Å²) in [7, 11) is 3.36. The number of benzene rings is 2. The van der Waals surface area contributed by atoms with E-state index in [-0.39, 0.29) is 0 Å². The van der Waals surface area contributed by atoms with E-state index in [1.54, 1.807) is 14.2 Å². The Hall–Kier alpha value is -3.06. The average molecular weight is 423 g/mol. The van der Waals surface area contributed by atoms with Crippen molar-refractivity contribution >= 4 is 0 Å². The molecule has 0 aliphatic carbocycles. The maximum atomic E-state index is 5.87. The Labute approximate surface area is 183 Å². The molecule has 2 heterocycles. The molecule has 0 unspecified atom stereocenters. The lowest BCUT2D eigenvalue weighted by atomic mass is 9.99. The van der Waals surface area contributed by atoms with Gasteiger partial charge in [-0.3, -0.25) is 9.58 Å². The molecule has 0 radical (unpaired) electrons. The highest BCUT2D eigenvalue weighted by molar-refractivity contribution is 5.48. The molecule has 1 aliphatic rings. The van der Waals surface area contributed by atoms with E-state index in [4.69, 9.17) is 14.2 Å². The molecule has 0 amide bonds. The first-order valence-electron chi connectivity index (χ1n) is 10.6. The van der Waals surface area contributed by atoms with Crippen molar-refractivity contribution in [2.75, 3.05) is 27.3 Å². The highest BCUT2D eigenvalue weighted by Gasteiger charge is 2.19. The molecule has 31 heavy (non-hydrogen) atoms. The van der Waals surface area contributed by atoms with Crippen LogP contribution in [0.5, 0.6) is 17.2 Å². The van der Waals surface area contributed by atoms with Crippen molar-refractivity contribution in [1.82, 2.24) is 19.9 Å². The third-order valence-corrected chi connectivity index (χ3v) is 5.89. The van der Waals surface area contributed by atoms with Crippen LogP contribution in [0.3, 0.4) is 0 Å². The molecule has 1 aromatic heterocycles. The number of nitrogens with zero attached hydrogens (tertiary/aromatic N) is 4. The van der Waals surface area contributed by atoms with Gasteiger partial charge in [0.2, 0.25) is 0 Å². The smallest absolute Gasteiger partial charge is 0.161 e. The molecule has 0 fully saturated rings. The standard InChI is InChI=1S/C24H30N4O3/c1-17-5-6-22(11-18(17)2)31-16-21-15-28(26-25-21)10-9-27-8-7-19-12-23(29-3)24(30-4)13-20(19)14-27/h5-6,11-13,15H,7-10,14,16H2,1-4H3. The number of fused-ring (bicyclic) bond motifs is 1. The first-order chi connectivity index (χ1) is 15.1. The van der Waals surface area contributed by atoms with Gasteiger partial charge in [-0.15, -0.1) is 5.10 Å². The molecule has 7 nitrogen and oxygen atoms in total. The third-order valence-electron chi connectivity index (χ3n) is 5.89. The van der Waals surface area contributed by atoms with E-state index in [1.807, 2.05) is 16.9 Å². The SMILES string of the molecule is COc1cc2c(cc1OC)CN(CCn1cc(COc3ccc(C)c(C)c3)nn1)CC2. The maximum absolute atomic E-state index is 5.87. The predicted molar refractivity (Wildman–Crippen MR) is 119 cm³/mol. The molecule has 164 valence electrons. The fraction of sp³-hybridized carbons (Fsp3) is 0.417. The van der Waals surface area contributed by atoms with Crippen LogP contribution in [-0.2, 0) is 26.1 Å². The van der Waals surface area contributed by atoms with Gasteiger partial charge in [-0.2, -0.15) is 0 Å². The summed E-state index contributed by atoms with van der Waals surface area (Å²) in [5.74, 6) is 2.44. The molecule has 4 rings (SSSR count). The number of methoxy groups -OCH3 is 2. The summed E-state index contributed by atoms with van der Waals surface area (Å²) >= 11 is 0. The lowest BCUT2D eigenvalue weighted by molar-refractivity contribution is 0.238. The van der Waals surface area contributed by atoms with Crippen molar-refractivity contribution < 1.29 is 14.2 Å². The summed E-state index contributed by atoms with van der Waals surface area (Å²) in [5.41, 5.74) is 5.95. The van der Waals surface area contributed by atoms with E-state index in [0.717, 1.165) is 55.5 Å². The van der Waals surface area contributed by atoms with E-state index in [2.05, 4.69) is 53.3 Å². The number of ether oxygens (including phenoxy) is 3. The first kappa shape index (κ1) is 21.2. The van der Waals surface area contributed by atoms with Gasteiger partial charge >= 0.3 is 0 Å². The Bertz CT molecular complexity index is 1050. The zero-order valence-electron chi connectivity index (χ0n) is 18.7. The van der Waals surface area contributed by atoms with Crippen LogP contribution in [-0.4, -0.2) is 47.2 Å². The third kappa shape index (κ3) is 4.99. The van der Waals surface area contributed by atoms with Gasteiger partial charge in [0, 0.05) is 19.6 Å². The summed E-state index contributed by atoms with van der Waals surface area (Å²) in [6.45, 7) is 8.21. The van der Waals surface area contributed by atoms with Crippen molar-refractivity contribution in [3.63, 3.8) is 0 Å². The van der Waals surface area contributed by atoms with Gasteiger partial charge in [0.15, 0.2) is 11.5 Å². The van der Waals surface area contributed by atoms with E-state index >= 15 is 0 Å². The largest absolute Gasteiger partial charge is 0.493 e. The minimum absolute atomic E-state index is 0.418. The number of hydrogen-bond acceptors (Lipinski definition) is 6. The Kier molecular flexibility index (Phi) is 6.42. The van der Waals surface area contributed by atoms with Gasteiger partial charge in [-0.25, -0.2) is 0 Å². The van der Waals surface area contributed by atoms with Crippen LogP contribution >= 0.6 is 0 Å². The van der Waals surface area contributed by atoms with Crippen molar-refractivity contribution in [3.8, 4) is 17.2 Å². The summed E-state index contributed by atoms with van der Waals surface area (Å²) in [4.78, 5) is 2.43. The molecule has 1 aliphatic heterocycles. The molecular weight excluding hydrogens is 392 g/mol. The molecule has 0 N–H and O–H groups in total. The van der Waals surface area contributed by atoms with Gasteiger partial charge in [0.1, 0.15) is 18.1 Å². The van der Waals surface area contributed by atoms with Crippen LogP contribution in [0.2, 0.25) is 0 Å². The number of aromatic nitrogens is 3. The van der Waals surface area contributed by atoms with Crippen LogP contribution in [0.1, 0.15) is 27.9 Å². The Morgan fingerprint density at radius 2 is 1.71 bits per heavy atom. The van der Waals surface area contributed by atoms with Crippen molar-refractivity contribution in [2.45, 2.75) is 40.0 Å². The topological polar surface area (TPSA) is 61.6 Å². The fourth-order valence-corrected chi connectivity index (χ4v) is 3.85. The maximum Gasteiger partial charge on any atom is 0.161 e. The molecule has 0 atom stereocenters. The monoisotopic (exact) mass is 422 g/mol. The van der Waals surface area contributed by atoms with Gasteiger partial charge < -0.3 is 14.2 Å². The highest BCUT2D eigenvalue weighted by Crippen LogP contribution is 2.33. The fourth-order valence-electron chi connectivity index (χ4n) is 3.85. The molecule has 0 saturated carbocycles. The molecule has 3 aromatic rings. The van der Waals surface area contributed by atoms with E-state index < -0.39 is 0 Å². The number of aryl methyl sites for hydroxylation is 2. The summed E-state index contributed by atoms with van der Waals surface area (Å²) in [6.07, 6.45) is 2.97. The van der Waals surface area contributed by atoms with Gasteiger partial charge in [0.25, 0.3) is 0 Å². The van der Waals surface area contributed by atoms with Crippen molar-refractivity contribution in [2.24, 2.45) is 0 Å². The molecule has 0 bridgehead atoms. The van der Waals surface area contributed by atoms with E-state index in [0.29, 0.717) is 6.61 Å². The minimum atomic E-state index is 0.418. The number of rotatable bonds is 8. The highest BCUT2D eigenvalue weighted by atomic mass is 16.5. The predicted octanol–water partition coefficient (Wildman–Crippen LogP) is 3.55. The summed E-state index contributed by atoms with van der Waals surface area (Å²) < 4.78 is 18.6. The second kappa shape index (κ2) is 9.39. The van der Waals surface area contributed by atoms with Crippen LogP contribution in [0.25, 0.3) is 0 Å². The molecule has 2 aromatic carbocycles. The molecule has 0 spiro atoms. The Balaban J connectivity index is 1.30. The number of hydrogen-bond donors (Lipinski definition) is 0. The lowest BCUT2D eigenvalue weighted by Gasteiger charge is -2.29. The Morgan fingerprint density at radius 1 is 0.935 bits per heavy atom. The van der Waals surface area contributed by atoms with E-state index in [1.165, 1.54) is 22.3 Å². The van der Waals surface area contributed by atoms with Crippen molar-refractivity contribution in [1.29, 1.82) is 0 Å². The zero-order valence-corrected chi connectivity index (χ0v) is 18.7. The van der Waals surface area contributed by atoms with Crippen LogP contribution in [0.4, 0.5) is 0 Å². The zero-order chi connectivity index (χ0) is 21.8. The van der Waals surface area contributed by atoms with Gasteiger partial charge in [-0.05, 0) is 66.8 Å². The average Bonchev–Trinajstić information content (AvgIpc) is 3.25.